The molecule has 178 valence electrons. The molecule has 1 N–H and O–H groups in total. The monoisotopic (exact) mass is 469 g/mol. The van der Waals surface area contributed by atoms with Gasteiger partial charge in [-0.2, -0.15) is 0 Å². The Labute approximate surface area is 203 Å². The van der Waals surface area contributed by atoms with E-state index >= 15 is 0 Å². The van der Waals surface area contributed by atoms with Crippen molar-refractivity contribution >= 4 is 34.2 Å². The first-order valence-electron chi connectivity index (χ1n) is 11.6. The first-order chi connectivity index (χ1) is 17.0. The molecule has 0 bridgehead atoms. The van der Waals surface area contributed by atoms with Crippen LogP contribution in [-0.2, 0) is 0 Å². The van der Waals surface area contributed by atoms with Gasteiger partial charge in [-0.1, -0.05) is 35.9 Å². The molecule has 0 saturated carbocycles. The van der Waals surface area contributed by atoms with E-state index in [1.807, 2.05) is 67.6 Å². The topological polar surface area (TPSA) is 75.0 Å². The van der Waals surface area contributed by atoms with E-state index in [1.165, 1.54) is 0 Å². The predicted octanol–water partition coefficient (Wildman–Crippen LogP) is 4.96. The van der Waals surface area contributed by atoms with E-state index in [2.05, 4.69) is 10.2 Å². The SMILES string of the molecule is COc1cccc(N2CCN(C(=O)c3oc4ccccc4c3NC(=O)c3cccc(C)c3)CC2)c1. The van der Waals surface area contributed by atoms with Crippen molar-refractivity contribution in [3.05, 3.63) is 89.7 Å². The molecule has 1 aliphatic heterocycles. The van der Waals surface area contributed by atoms with Crippen LogP contribution in [0.1, 0.15) is 26.5 Å². The van der Waals surface area contributed by atoms with Crippen molar-refractivity contribution in [1.82, 2.24) is 4.90 Å². The minimum atomic E-state index is -0.280. The first kappa shape index (κ1) is 22.5. The number of para-hydroxylation sites is 1. The van der Waals surface area contributed by atoms with E-state index < -0.39 is 0 Å². The smallest absolute Gasteiger partial charge is 0.291 e. The van der Waals surface area contributed by atoms with Crippen LogP contribution in [0.25, 0.3) is 11.0 Å². The zero-order valence-electron chi connectivity index (χ0n) is 19.8. The fourth-order valence-electron chi connectivity index (χ4n) is 4.41. The number of rotatable bonds is 5. The van der Waals surface area contributed by atoms with Gasteiger partial charge in [0.1, 0.15) is 17.0 Å². The second kappa shape index (κ2) is 9.54. The van der Waals surface area contributed by atoms with Gasteiger partial charge in [-0.25, -0.2) is 0 Å². The molecule has 1 saturated heterocycles. The average Bonchev–Trinajstić information content (AvgIpc) is 3.26. The first-order valence-corrected chi connectivity index (χ1v) is 11.6. The Morgan fingerprint density at radius 3 is 2.46 bits per heavy atom. The number of furan rings is 1. The summed E-state index contributed by atoms with van der Waals surface area (Å²) < 4.78 is 11.3. The number of hydrogen-bond acceptors (Lipinski definition) is 5. The molecule has 0 aliphatic carbocycles. The molecule has 2 heterocycles. The number of fused-ring (bicyclic) bond motifs is 1. The van der Waals surface area contributed by atoms with E-state index in [1.54, 1.807) is 24.1 Å². The third-order valence-electron chi connectivity index (χ3n) is 6.29. The lowest BCUT2D eigenvalue weighted by atomic mass is 10.1. The lowest BCUT2D eigenvalue weighted by Gasteiger charge is -2.36. The van der Waals surface area contributed by atoms with Crippen molar-refractivity contribution in [2.75, 3.05) is 43.5 Å². The summed E-state index contributed by atoms with van der Waals surface area (Å²) in [5.41, 5.74) is 3.55. The van der Waals surface area contributed by atoms with Crippen LogP contribution in [0.5, 0.6) is 5.75 Å². The van der Waals surface area contributed by atoms with Gasteiger partial charge in [-0.3, -0.25) is 9.59 Å². The number of carbonyl (C=O) groups is 2. The van der Waals surface area contributed by atoms with Crippen molar-refractivity contribution in [2.24, 2.45) is 0 Å². The maximum atomic E-state index is 13.5. The molecule has 7 heteroatoms. The number of benzene rings is 3. The van der Waals surface area contributed by atoms with E-state index in [4.69, 9.17) is 9.15 Å². The molecular weight excluding hydrogens is 442 g/mol. The number of nitrogens with one attached hydrogen (secondary N) is 1. The number of aryl methyl sites for hydroxylation is 1. The second-order valence-corrected chi connectivity index (χ2v) is 8.61. The van der Waals surface area contributed by atoms with Gasteiger partial charge >= 0.3 is 0 Å². The summed E-state index contributed by atoms with van der Waals surface area (Å²) in [7, 11) is 1.65. The molecule has 7 nitrogen and oxygen atoms in total. The second-order valence-electron chi connectivity index (χ2n) is 8.61. The van der Waals surface area contributed by atoms with Crippen LogP contribution >= 0.6 is 0 Å². The Morgan fingerprint density at radius 2 is 1.69 bits per heavy atom. The van der Waals surface area contributed by atoms with Gasteiger partial charge in [0.2, 0.25) is 5.76 Å². The molecule has 1 aromatic heterocycles. The molecule has 0 atom stereocenters. The molecule has 2 amide bonds. The third-order valence-corrected chi connectivity index (χ3v) is 6.29. The highest BCUT2D eigenvalue weighted by Crippen LogP contribution is 2.33. The molecule has 35 heavy (non-hydrogen) atoms. The summed E-state index contributed by atoms with van der Waals surface area (Å²) in [4.78, 5) is 30.6. The Balaban J connectivity index is 1.37. The summed E-state index contributed by atoms with van der Waals surface area (Å²) in [5, 5.41) is 3.64. The minimum Gasteiger partial charge on any atom is -0.497 e. The van der Waals surface area contributed by atoms with Crippen LogP contribution < -0.4 is 15.0 Å². The molecule has 5 rings (SSSR count). The van der Waals surface area contributed by atoms with Crippen LogP contribution in [0.15, 0.2) is 77.2 Å². The van der Waals surface area contributed by atoms with Crippen LogP contribution in [0, 0.1) is 6.92 Å². The number of nitrogens with zero attached hydrogens (tertiary/aromatic N) is 2. The lowest BCUT2D eigenvalue weighted by Crippen LogP contribution is -2.48. The molecule has 1 fully saturated rings. The molecule has 0 unspecified atom stereocenters. The van der Waals surface area contributed by atoms with Crippen molar-refractivity contribution in [2.45, 2.75) is 6.92 Å². The van der Waals surface area contributed by atoms with E-state index in [0.717, 1.165) is 17.0 Å². The number of amides is 2. The Morgan fingerprint density at radius 1 is 0.914 bits per heavy atom. The Hall–Kier alpha value is -4.26. The standard InChI is InChI=1S/C28H27N3O4/c1-19-7-5-8-20(17-19)27(32)29-25-23-11-3-4-12-24(23)35-26(25)28(33)31-15-13-30(14-16-31)21-9-6-10-22(18-21)34-2/h3-12,17-18H,13-16H2,1-2H3,(H,29,32). The number of ether oxygens (including phenoxy) is 1. The summed E-state index contributed by atoms with van der Waals surface area (Å²) >= 11 is 0. The van der Waals surface area contributed by atoms with Gasteiger partial charge in [0.25, 0.3) is 11.8 Å². The normalized spacial score (nSPS) is 13.7. The molecule has 1 aliphatic rings. The molecule has 4 aromatic rings. The summed E-state index contributed by atoms with van der Waals surface area (Å²) in [6.07, 6.45) is 0. The number of methoxy groups -OCH3 is 1. The number of anilines is 2. The van der Waals surface area contributed by atoms with Crippen molar-refractivity contribution in [3.63, 3.8) is 0 Å². The largest absolute Gasteiger partial charge is 0.497 e. The number of carbonyl (C=O) groups excluding carboxylic acids is 2. The van der Waals surface area contributed by atoms with Gasteiger partial charge < -0.3 is 24.3 Å². The zero-order chi connectivity index (χ0) is 24.4. The maximum absolute atomic E-state index is 13.5. The molecule has 0 spiro atoms. The summed E-state index contributed by atoms with van der Waals surface area (Å²) in [6.45, 7) is 4.38. The van der Waals surface area contributed by atoms with Crippen molar-refractivity contribution in [1.29, 1.82) is 0 Å². The van der Waals surface area contributed by atoms with Crippen LogP contribution in [0.3, 0.4) is 0 Å². The summed E-state index contributed by atoms with van der Waals surface area (Å²) in [6, 6.07) is 22.6. The highest BCUT2D eigenvalue weighted by molar-refractivity contribution is 6.14. The predicted molar refractivity (Wildman–Crippen MR) is 136 cm³/mol. The maximum Gasteiger partial charge on any atom is 0.291 e. The summed E-state index contributed by atoms with van der Waals surface area (Å²) in [5.74, 6) is 0.447. The highest BCUT2D eigenvalue weighted by atomic mass is 16.5. The fourth-order valence-corrected chi connectivity index (χ4v) is 4.41. The van der Waals surface area contributed by atoms with Gasteiger partial charge in [-0.05, 0) is 43.3 Å². The van der Waals surface area contributed by atoms with Gasteiger partial charge in [0, 0.05) is 48.9 Å². The Kier molecular flexibility index (Phi) is 6.14. The number of piperazine rings is 1. The van der Waals surface area contributed by atoms with Crippen molar-refractivity contribution < 1.29 is 18.7 Å². The van der Waals surface area contributed by atoms with E-state index in [9.17, 15) is 9.59 Å². The van der Waals surface area contributed by atoms with E-state index in [0.29, 0.717) is 48.4 Å². The Bertz CT molecular complexity index is 1390. The van der Waals surface area contributed by atoms with Gasteiger partial charge in [-0.15, -0.1) is 0 Å². The highest BCUT2D eigenvalue weighted by Gasteiger charge is 2.29. The molecule has 0 radical (unpaired) electrons. The van der Waals surface area contributed by atoms with Crippen LogP contribution in [0.4, 0.5) is 11.4 Å². The van der Waals surface area contributed by atoms with Crippen LogP contribution in [0.2, 0.25) is 0 Å². The zero-order valence-corrected chi connectivity index (χ0v) is 19.8. The molecule has 3 aromatic carbocycles. The van der Waals surface area contributed by atoms with Crippen molar-refractivity contribution in [3.8, 4) is 5.75 Å². The number of hydrogen-bond donors (Lipinski definition) is 1. The fraction of sp³-hybridized carbons (Fsp3) is 0.214. The van der Waals surface area contributed by atoms with Gasteiger partial charge in [0.15, 0.2) is 0 Å². The molecular formula is C28H27N3O4. The quantitative estimate of drug-likeness (QED) is 0.447. The lowest BCUT2D eigenvalue weighted by molar-refractivity contribution is 0.0718. The van der Waals surface area contributed by atoms with Gasteiger partial charge in [0.05, 0.1) is 7.11 Å². The minimum absolute atomic E-state index is 0.155. The third kappa shape index (κ3) is 4.57. The van der Waals surface area contributed by atoms with E-state index in [-0.39, 0.29) is 17.6 Å². The van der Waals surface area contributed by atoms with Crippen LogP contribution in [-0.4, -0.2) is 50.0 Å². The average molecular weight is 470 g/mol.